The van der Waals surface area contributed by atoms with Crippen LogP contribution in [0, 0.1) is 5.92 Å². The zero-order valence-corrected chi connectivity index (χ0v) is 20.8. The maximum atomic E-state index is 13.2. The van der Waals surface area contributed by atoms with Crippen molar-refractivity contribution >= 4 is 11.6 Å². The van der Waals surface area contributed by atoms with E-state index >= 15 is 0 Å². The molecule has 0 spiro atoms. The number of carbonyl (C=O) groups excluding carboxylic acids is 1. The van der Waals surface area contributed by atoms with Crippen molar-refractivity contribution in [2.75, 3.05) is 70.5 Å². The van der Waals surface area contributed by atoms with Crippen LogP contribution in [0.3, 0.4) is 0 Å². The lowest BCUT2D eigenvalue weighted by molar-refractivity contribution is -0.132. The number of benzene rings is 1. The fraction of sp³-hybridized carbons (Fsp3) is 0.571. The van der Waals surface area contributed by atoms with Gasteiger partial charge in [0.25, 0.3) is 0 Å². The second kappa shape index (κ2) is 12.0. The number of ether oxygens (including phenoxy) is 1. The summed E-state index contributed by atoms with van der Waals surface area (Å²) in [5.74, 6) is 0.836. The summed E-state index contributed by atoms with van der Waals surface area (Å²) in [5.41, 5.74) is 2.57. The molecule has 5 rings (SSSR count). The Morgan fingerprint density at radius 1 is 0.914 bits per heavy atom. The summed E-state index contributed by atoms with van der Waals surface area (Å²) in [6.07, 6.45) is 6.54. The van der Waals surface area contributed by atoms with Gasteiger partial charge in [0.2, 0.25) is 5.91 Å². The number of aromatic nitrogens is 1. The third kappa shape index (κ3) is 6.40. The Bertz CT molecular complexity index is 913. The van der Waals surface area contributed by atoms with E-state index < -0.39 is 0 Å². The Hall–Kier alpha value is -2.48. The molecule has 0 saturated carbocycles. The Kier molecular flexibility index (Phi) is 8.29. The van der Waals surface area contributed by atoms with E-state index in [4.69, 9.17) is 4.74 Å². The molecule has 7 heteroatoms. The minimum Gasteiger partial charge on any atom is -0.379 e. The Morgan fingerprint density at radius 2 is 1.66 bits per heavy atom. The summed E-state index contributed by atoms with van der Waals surface area (Å²) < 4.78 is 5.62. The SMILES string of the molecule is O=C(CC[C@H]1CN(Cc2ccncc2)CC[C@H]1N1CCOCC1)N1CCN(c2ccccc2)CC1. The van der Waals surface area contributed by atoms with E-state index in [2.05, 4.69) is 67.0 Å². The van der Waals surface area contributed by atoms with Crippen molar-refractivity contribution in [2.45, 2.75) is 31.8 Å². The molecule has 0 radical (unpaired) electrons. The molecule has 1 amide bonds. The first-order valence-electron chi connectivity index (χ1n) is 13.3. The summed E-state index contributed by atoms with van der Waals surface area (Å²) in [4.78, 5) is 27.0. The molecule has 3 aliphatic rings. The van der Waals surface area contributed by atoms with Crippen LogP contribution in [0.15, 0.2) is 54.9 Å². The molecule has 3 fully saturated rings. The van der Waals surface area contributed by atoms with Crippen LogP contribution in [-0.4, -0.2) is 97.2 Å². The molecule has 0 unspecified atom stereocenters. The number of para-hydroxylation sites is 1. The molecule has 3 aliphatic heterocycles. The molecule has 4 heterocycles. The molecular formula is C28H39N5O2. The van der Waals surface area contributed by atoms with E-state index in [1.807, 2.05) is 12.4 Å². The fourth-order valence-electron chi connectivity index (χ4n) is 5.98. The number of nitrogens with zero attached hydrogens (tertiary/aromatic N) is 5. The fourth-order valence-corrected chi connectivity index (χ4v) is 5.98. The van der Waals surface area contributed by atoms with Crippen LogP contribution < -0.4 is 4.90 Å². The standard InChI is InChI=1S/C28H39N5O2/c34-28(33-16-14-31(15-17-33)26-4-2-1-3-5-26)7-6-25-23-30(22-24-8-11-29-12-9-24)13-10-27(25)32-18-20-35-21-19-32/h1-5,8-9,11-12,25,27H,6-7,10,13-23H2/t25-,27+/m0/s1. The van der Waals surface area contributed by atoms with Crippen molar-refractivity contribution < 1.29 is 9.53 Å². The van der Waals surface area contributed by atoms with Gasteiger partial charge in [0.05, 0.1) is 13.2 Å². The highest BCUT2D eigenvalue weighted by Gasteiger charge is 2.34. The highest BCUT2D eigenvalue weighted by Crippen LogP contribution is 2.28. The minimum absolute atomic E-state index is 0.324. The summed E-state index contributed by atoms with van der Waals surface area (Å²) in [5, 5.41) is 0. The number of piperidine rings is 1. The zero-order chi connectivity index (χ0) is 23.9. The number of rotatable bonds is 7. The average molecular weight is 478 g/mol. The van der Waals surface area contributed by atoms with Crippen molar-refractivity contribution in [1.82, 2.24) is 19.7 Å². The number of morpholine rings is 1. The summed E-state index contributed by atoms with van der Waals surface area (Å²) >= 11 is 0. The highest BCUT2D eigenvalue weighted by atomic mass is 16.5. The minimum atomic E-state index is 0.324. The molecule has 2 aromatic rings. The number of hydrogen-bond acceptors (Lipinski definition) is 6. The van der Waals surface area contributed by atoms with Gasteiger partial charge in [-0.1, -0.05) is 18.2 Å². The molecule has 7 nitrogen and oxygen atoms in total. The summed E-state index contributed by atoms with van der Waals surface area (Å²) in [7, 11) is 0. The largest absolute Gasteiger partial charge is 0.379 e. The van der Waals surface area contributed by atoms with Gasteiger partial charge in [-0.3, -0.25) is 19.6 Å². The molecule has 1 aromatic heterocycles. The molecule has 2 atom stereocenters. The molecular weight excluding hydrogens is 438 g/mol. The van der Waals surface area contributed by atoms with Gasteiger partial charge in [0.1, 0.15) is 0 Å². The second-order valence-corrected chi connectivity index (χ2v) is 10.1. The van der Waals surface area contributed by atoms with Crippen LogP contribution in [-0.2, 0) is 16.1 Å². The van der Waals surface area contributed by atoms with Gasteiger partial charge in [-0.25, -0.2) is 0 Å². The number of carbonyl (C=O) groups is 1. The Labute approximate surface area is 209 Å². The van der Waals surface area contributed by atoms with Crippen molar-refractivity contribution in [3.8, 4) is 0 Å². The van der Waals surface area contributed by atoms with Crippen LogP contribution in [0.2, 0.25) is 0 Å². The Balaban J connectivity index is 1.16. The van der Waals surface area contributed by atoms with E-state index in [0.717, 1.165) is 78.5 Å². The molecule has 188 valence electrons. The van der Waals surface area contributed by atoms with E-state index in [-0.39, 0.29) is 0 Å². The van der Waals surface area contributed by atoms with Gasteiger partial charge in [0, 0.05) is 82.9 Å². The molecule has 0 aliphatic carbocycles. The van der Waals surface area contributed by atoms with Gasteiger partial charge in [0.15, 0.2) is 0 Å². The van der Waals surface area contributed by atoms with Gasteiger partial charge in [-0.2, -0.15) is 0 Å². The van der Waals surface area contributed by atoms with E-state index in [0.29, 0.717) is 24.3 Å². The number of likely N-dealkylation sites (tertiary alicyclic amines) is 1. The zero-order valence-electron chi connectivity index (χ0n) is 20.8. The lowest BCUT2D eigenvalue weighted by atomic mass is 9.86. The topological polar surface area (TPSA) is 52.2 Å². The number of piperazine rings is 1. The van der Waals surface area contributed by atoms with E-state index in [9.17, 15) is 4.79 Å². The summed E-state index contributed by atoms with van der Waals surface area (Å²) in [6.45, 7) is 10.3. The maximum Gasteiger partial charge on any atom is 0.222 e. The lowest BCUT2D eigenvalue weighted by Gasteiger charge is -2.45. The summed E-state index contributed by atoms with van der Waals surface area (Å²) in [6, 6.07) is 15.3. The van der Waals surface area contributed by atoms with Crippen LogP contribution in [0.5, 0.6) is 0 Å². The Morgan fingerprint density at radius 3 is 2.40 bits per heavy atom. The predicted octanol–water partition coefficient (Wildman–Crippen LogP) is 2.73. The van der Waals surface area contributed by atoms with Gasteiger partial charge in [-0.05, 0) is 55.1 Å². The third-order valence-corrected chi connectivity index (χ3v) is 7.93. The lowest BCUT2D eigenvalue weighted by Crippen LogP contribution is -2.54. The first kappa shape index (κ1) is 24.2. The van der Waals surface area contributed by atoms with E-state index in [1.54, 1.807) is 0 Å². The van der Waals surface area contributed by atoms with Crippen LogP contribution >= 0.6 is 0 Å². The monoisotopic (exact) mass is 477 g/mol. The third-order valence-electron chi connectivity index (χ3n) is 7.93. The van der Waals surface area contributed by atoms with Crippen LogP contribution in [0.4, 0.5) is 5.69 Å². The second-order valence-electron chi connectivity index (χ2n) is 10.1. The first-order valence-corrected chi connectivity index (χ1v) is 13.3. The number of pyridine rings is 1. The van der Waals surface area contributed by atoms with Crippen molar-refractivity contribution in [2.24, 2.45) is 5.92 Å². The number of hydrogen-bond donors (Lipinski definition) is 0. The van der Waals surface area contributed by atoms with Crippen LogP contribution in [0.1, 0.15) is 24.8 Å². The molecule has 1 aromatic carbocycles. The van der Waals surface area contributed by atoms with Gasteiger partial charge < -0.3 is 14.5 Å². The average Bonchev–Trinajstić information content (AvgIpc) is 2.93. The van der Waals surface area contributed by atoms with Crippen molar-refractivity contribution in [1.29, 1.82) is 0 Å². The van der Waals surface area contributed by atoms with Crippen molar-refractivity contribution in [3.05, 3.63) is 60.4 Å². The normalized spacial score (nSPS) is 24.5. The molecule has 35 heavy (non-hydrogen) atoms. The number of amides is 1. The van der Waals surface area contributed by atoms with Gasteiger partial charge in [-0.15, -0.1) is 0 Å². The first-order chi connectivity index (χ1) is 17.3. The maximum absolute atomic E-state index is 13.2. The van der Waals surface area contributed by atoms with E-state index in [1.165, 1.54) is 17.7 Å². The smallest absolute Gasteiger partial charge is 0.222 e. The molecule has 0 N–H and O–H groups in total. The highest BCUT2D eigenvalue weighted by molar-refractivity contribution is 5.76. The van der Waals surface area contributed by atoms with Crippen LogP contribution in [0.25, 0.3) is 0 Å². The molecule has 0 bridgehead atoms. The van der Waals surface area contributed by atoms with Gasteiger partial charge >= 0.3 is 0 Å². The quantitative estimate of drug-likeness (QED) is 0.611. The predicted molar refractivity (Wildman–Crippen MR) is 138 cm³/mol. The van der Waals surface area contributed by atoms with Crippen molar-refractivity contribution in [3.63, 3.8) is 0 Å². The molecule has 3 saturated heterocycles. The number of anilines is 1.